The Labute approximate surface area is 156 Å². The normalized spacial score (nSPS) is 12.7. The molecule has 0 saturated carbocycles. The third-order valence-corrected chi connectivity index (χ3v) is 6.12. The van der Waals surface area contributed by atoms with Gasteiger partial charge in [-0.05, 0) is 44.0 Å². The average molecular weight is 375 g/mol. The number of nitrogens with zero attached hydrogens (tertiary/aromatic N) is 1. The standard InChI is InChI=1S/C20H26N2O3S/c1-15(2)17(4)21-20(23)14-22(18-8-6-5-7-9-18)26(24,25)19-12-10-16(3)11-13-19/h5-13,15,17H,14H2,1-4H3,(H,21,23)/t17-/m0/s1. The van der Waals surface area contributed by atoms with Crippen LogP contribution in [0.1, 0.15) is 26.3 Å². The van der Waals surface area contributed by atoms with Gasteiger partial charge in [-0.15, -0.1) is 0 Å². The van der Waals surface area contributed by atoms with Crippen LogP contribution in [0.15, 0.2) is 59.5 Å². The van der Waals surface area contributed by atoms with Crippen LogP contribution in [-0.2, 0) is 14.8 Å². The molecule has 0 aliphatic rings. The lowest BCUT2D eigenvalue weighted by Crippen LogP contribution is -2.45. The number of aryl methyl sites for hydroxylation is 1. The number of para-hydroxylation sites is 1. The molecule has 6 heteroatoms. The molecule has 0 bridgehead atoms. The van der Waals surface area contributed by atoms with E-state index in [2.05, 4.69) is 5.32 Å². The van der Waals surface area contributed by atoms with Gasteiger partial charge in [0.05, 0.1) is 10.6 Å². The monoisotopic (exact) mass is 374 g/mol. The molecule has 2 aromatic rings. The zero-order valence-electron chi connectivity index (χ0n) is 15.6. The second-order valence-corrected chi connectivity index (χ2v) is 8.62. The van der Waals surface area contributed by atoms with E-state index in [0.717, 1.165) is 9.87 Å². The number of amides is 1. The van der Waals surface area contributed by atoms with E-state index in [1.807, 2.05) is 27.7 Å². The maximum absolute atomic E-state index is 13.1. The third kappa shape index (κ3) is 4.85. The van der Waals surface area contributed by atoms with Crippen LogP contribution >= 0.6 is 0 Å². The minimum Gasteiger partial charge on any atom is -0.352 e. The highest BCUT2D eigenvalue weighted by Crippen LogP contribution is 2.23. The summed E-state index contributed by atoms with van der Waals surface area (Å²) in [6.45, 7) is 7.54. The Kier molecular flexibility index (Phi) is 6.42. The number of carbonyl (C=O) groups excluding carboxylic acids is 1. The van der Waals surface area contributed by atoms with Crippen LogP contribution in [0.3, 0.4) is 0 Å². The van der Waals surface area contributed by atoms with Crippen LogP contribution in [0.4, 0.5) is 5.69 Å². The number of anilines is 1. The summed E-state index contributed by atoms with van der Waals surface area (Å²) < 4.78 is 27.4. The van der Waals surface area contributed by atoms with E-state index in [1.165, 1.54) is 0 Å². The van der Waals surface area contributed by atoms with Crippen molar-refractivity contribution >= 4 is 21.6 Å². The molecule has 0 spiro atoms. The molecule has 2 aromatic carbocycles. The van der Waals surface area contributed by atoms with Gasteiger partial charge < -0.3 is 5.32 Å². The van der Waals surface area contributed by atoms with Gasteiger partial charge >= 0.3 is 0 Å². The quantitative estimate of drug-likeness (QED) is 0.808. The fraction of sp³-hybridized carbons (Fsp3) is 0.350. The van der Waals surface area contributed by atoms with Crippen LogP contribution < -0.4 is 9.62 Å². The molecular weight excluding hydrogens is 348 g/mol. The molecule has 0 unspecified atom stereocenters. The van der Waals surface area contributed by atoms with Gasteiger partial charge in [-0.2, -0.15) is 0 Å². The Hall–Kier alpha value is -2.34. The average Bonchev–Trinajstić information content (AvgIpc) is 2.60. The number of benzene rings is 2. The lowest BCUT2D eigenvalue weighted by atomic mass is 10.1. The second-order valence-electron chi connectivity index (χ2n) is 6.76. The van der Waals surface area contributed by atoms with E-state index >= 15 is 0 Å². The van der Waals surface area contributed by atoms with Gasteiger partial charge in [0.2, 0.25) is 5.91 Å². The molecule has 2 rings (SSSR count). The molecule has 0 heterocycles. The molecule has 26 heavy (non-hydrogen) atoms. The number of hydrogen-bond acceptors (Lipinski definition) is 3. The Balaban J connectivity index is 2.36. The first-order valence-electron chi connectivity index (χ1n) is 8.65. The van der Waals surface area contributed by atoms with Crippen molar-refractivity contribution in [3.8, 4) is 0 Å². The van der Waals surface area contributed by atoms with Crippen LogP contribution in [0, 0.1) is 12.8 Å². The predicted molar refractivity (Wildman–Crippen MR) is 105 cm³/mol. The van der Waals surface area contributed by atoms with E-state index in [4.69, 9.17) is 0 Å². The summed E-state index contributed by atoms with van der Waals surface area (Å²) in [6.07, 6.45) is 0. The van der Waals surface area contributed by atoms with Crippen molar-refractivity contribution in [1.82, 2.24) is 5.32 Å². The summed E-state index contributed by atoms with van der Waals surface area (Å²) in [4.78, 5) is 12.6. The first kappa shape index (κ1) is 20.0. The number of sulfonamides is 1. The fourth-order valence-corrected chi connectivity index (χ4v) is 3.76. The van der Waals surface area contributed by atoms with E-state index in [9.17, 15) is 13.2 Å². The van der Waals surface area contributed by atoms with Gasteiger partial charge in [0.25, 0.3) is 10.0 Å². The zero-order chi connectivity index (χ0) is 19.3. The molecule has 5 nitrogen and oxygen atoms in total. The second kappa shape index (κ2) is 8.36. The van der Waals surface area contributed by atoms with Crippen molar-refractivity contribution in [2.24, 2.45) is 5.92 Å². The molecule has 1 amide bonds. The summed E-state index contributed by atoms with van der Waals surface area (Å²) >= 11 is 0. The lowest BCUT2D eigenvalue weighted by Gasteiger charge is -2.25. The first-order valence-corrected chi connectivity index (χ1v) is 10.1. The Bertz CT molecular complexity index is 831. The molecule has 0 radical (unpaired) electrons. The van der Waals surface area contributed by atoms with E-state index in [-0.39, 0.29) is 29.3 Å². The smallest absolute Gasteiger partial charge is 0.264 e. The summed E-state index contributed by atoms with van der Waals surface area (Å²) in [6, 6.07) is 15.3. The molecular formula is C20H26N2O3S. The van der Waals surface area contributed by atoms with Gasteiger partial charge in [0, 0.05) is 6.04 Å². The molecule has 140 valence electrons. The van der Waals surface area contributed by atoms with Crippen molar-refractivity contribution in [2.75, 3.05) is 10.8 Å². The fourth-order valence-electron chi connectivity index (χ4n) is 2.34. The number of carbonyl (C=O) groups is 1. The molecule has 0 aliphatic carbocycles. The third-order valence-electron chi connectivity index (χ3n) is 4.33. The van der Waals surface area contributed by atoms with Crippen molar-refractivity contribution in [3.05, 3.63) is 60.2 Å². The van der Waals surface area contributed by atoms with Crippen LogP contribution in [0.5, 0.6) is 0 Å². The van der Waals surface area contributed by atoms with Crippen LogP contribution in [-0.4, -0.2) is 26.9 Å². The Morgan fingerprint density at radius 2 is 1.58 bits per heavy atom. The minimum absolute atomic E-state index is 0.0396. The number of hydrogen-bond donors (Lipinski definition) is 1. The number of rotatable bonds is 7. The first-order chi connectivity index (χ1) is 12.2. The van der Waals surface area contributed by atoms with Crippen LogP contribution in [0.2, 0.25) is 0 Å². The lowest BCUT2D eigenvalue weighted by molar-refractivity contribution is -0.120. The topological polar surface area (TPSA) is 66.5 Å². The number of nitrogens with one attached hydrogen (secondary N) is 1. The van der Waals surface area contributed by atoms with Crippen molar-refractivity contribution in [3.63, 3.8) is 0 Å². The summed E-state index contributed by atoms with van der Waals surface area (Å²) in [5.41, 5.74) is 1.43. The van der Waals surface area contributed by atoms with Gasteiger partial charge in [0.15, 0.2) is 0 Å². The van der Waals surface area contributed by atoms with Crippen molar-refractivity contribution in [2.45, 2.75) is 38.6 Å². The highest BCUT2D eigenvalue weighted by molar-refractivity contribution is 7.92. The molecule has 1 N–H and O–H groups in total. The van der Waals surface area contributed by atoms with Gasteiger partial charge in [-0.3, -0.25) is 9.10 Å². The highest BCUT2D eigenvalue weighted by Gasteiger charge is 2.27. The molecule has 0 fully saturated rings. The zero-order valence-corrected chi connectivity index (χ0v) is 16.5. The maximum atomic E-state index is 13.1. The Morgan fingerprint density at radius 3 is 2.12 bits per heavy atom. The van der Waals surface area contributed by atoms with Gasteiger partial charge in [0.1, 0.15) is 6.54 Å². The SMILES string of the molecule is Cc1ccc(S(=O)(=O)N(CC(=O)N[C@@H](C)C(C)C)c2ccccc2)cc1. The van der Waals surface area contributed by atoms with Crippen molar-refractivity contribution < 1.29 is 13.2 Å². The maximum Gasteiger partial charge on any atom is 0.264 e. The summed E-state index contributed by atoms with van der Waals surface area (Å²) in [5.74, 6) is -0.0661. The van der Waals surface area contributed by atoms with E-state index in [1.54, 1.807) is 54.6 Å². The molecule has 0 aromatic heterocycles. The van der Waals surface area contributed by atoms with Crippen LogP contribution in [0.25, 0.3) is 0 Å². The van der Waals surface area contributed by atoms with Crippen molar-refractivity contribution in [1.29, 1.82) is 0 Å². The minimum atomic E-state index is -3.85. The predicted octanol–water partition coefficient (Wildman–Crippen LogP) is 3.35. The van der Waals surface area contributed by atoms with E-state index in [0.29, 0.717) is 5.69 Å². The van der Waals surface area contributed by atoms with Gasteiger partial charge in [-0.25, -0.2) is 8.42 Å². The molecule has 1 atom stereocenters. The summed E-state index contributed by atoms with van der Waals surface area (Å²) in [7, 11) is -3.85. The largest absolute Gasteiger partial charge is 0.352 e. The van der Waals surface area contributed by atoms with Gasteiger partial charge in [-0.1, -0.05) is 49.7 Å². The molecule has 0 saturated heterocycles. The Morgan fingerprint density at radius 1 is 1.00 bits per heavy atom. The van der Waals surface area contributed by atoms with E-state index < -0.39 is 10.0 Å². The molecule has 0 aliphatic heterocycles. The highest BCUT2D eigenvalue weighted by atomic mass is 32.2. The summed E-state index contributed by atoms with van der Waals surface area (Å²) in [5, 5.41) is 2.87.